The average Bonchev–Trinajstić information content (AvgIpc) is 2.38. The van der Waals surface area contributed by atoms with Crippen molar-refractivity contribution in [2.45, 2.75) is 31.9 Å². The Morgan fingerprint density at radius 1 is 1.41 bits per heavy atom. The zero-order chi connectivity index (χ0) is 12.3. The molecule has 0 aliphatic carbocycles. The molecule has 92 valence electrons. The van der Waals surface area contributed by atoms with Crippen LogP contribution in [-0.2, 0) is 11.4 Å². The van der Waals surface area contributed by atoms with Crippen molar-refractivity contribution >= 4 is 11.6 Å². The zero-order valence-corrected chi connectivity index (χ0v) is 9.80. The van der Waals surface area contributed by atoms with Crippen molar-refractivity contribution in [1.82, 2.24) is 0 Å². The number of piperidine rings is 1. The summed E-state index contributed by atoms with van der Waals surface area (Å²) in [5.74, 6) is -0.280. The van der Waals surface area contributed by atoms with Crippen molar-refractivity contribution in [3.05, 3.63) is 29.8 Å². The molecule has 0 radical (unpaired) electrons. The molecule has 3 N–H and O–H groups in total. The van der Waals surface area contributed by atoms with Crippen LogP contribution in [0.3, 0.4) is 0 Å². The molecular weight excluding hydrogens is 216 g/mol. The second kappa shape index (κ2) is 5.19. The number of aliphatic hydroxyl groups excluding tert-OH is 1. The third-order valence-corrected chi connectivity index (χ3v) is 3.30. The molecule has 0 spiro atoms. The van der Waals surface area contributed by atoms with Crippen LogP contribution in [0.4, 0.5) is 5.69 Å². The number of carbonyl (C=O) groups excluding carboxylic acids is 1. The molecule has 4 nitrogen and oxygen atoms in total. The molecule has 1 unspecified atom stereocenters. The Bertz CT molecular complexity index is 406. The number of amides is 1. The smallest absolute Gasteiger partial charge is 0.240 e. The lowest BCUT2D eigenvalue weighted by Gasteiger charge is -2.36. The van der Waals surface area contributed by atoms with Gasteiger partial charge in [0.25, 0.3) is 0 Å². The van der Waals surface area contributed by atoms with E-state index in [-0.39, 0.29) is 18.6 Å². The highest BCUT2D eigenvalue weighted by Crippen LogP contribution is 2.27. The zero-order valence-electron chi connectivity index (χ0n) is 9.80. The van der Waals surface area contributed by atoms with Crippen molar-refractivity contribution in [3.8, 4) is 0 Å². The van der Waals surface area contributed by atoms with Gasteiger partial charge in [0.15, 0.2) is 0 Å². The van der Waals surface area contributed by atoms with Crippen LogP contribution >= 0.6 is 0 Å². The van der Waals surface area contributed by atoms with Crippen molar-refractivity contribution in [2.75, 3.05) is 11.4 Å². The van der Waals surface area contributed by atoms with Crippen LogP contribution in [0, 0.1) is 0 Å². The molecule has 1 amide bonds. The highest BCUT2D eigenvalue weighted by atomic mass is 16.3. The molecule has 2 rings (SSSR count). The average molecular weight is 234 g/mol. The van der Waals surface area contributed by atoms with E-state index in [4.69, 9.17) is 5.73 Å². The number of hydrogen-bond donors (Lipinski definition) is 2. The predicted molar refractivity (Wildman–Crippen MR) is 66.5 cm³/mol. The van der Waals surface area contributed by atoms with Gasteiger partial charge in [-0.05, 0) is 25.3 Å². The molecule has 4 heteroatoms. The summed E-state index contributed by atoms with van der Waals surface area (Å²) in [7, 11) is 0. The first-order valence-corrected chi connectivity index (χ1v) is 5.98. The highest BCUT2D eigenvalue weighted by Gasteiger charge is 2.27. The number of nitrogens with zero attached hydrogens (tertiary/aromatic N) is 1. The summed E-state index contributed by atoms with van der Waals surface area (Å²) in [6.07, 6.45) is 2.89. The lowest BCUT2D eigenvalue weighted by Crippen LogP contribution is -2.48. The third-order valence-electron chi connectivity index (χ3n) is 3.30. The van der Waals surface area contributed by atoms with Crippen LogP contribution in [-0.4, -0.2) is 23.6 Å². The molecule has 1 fully saturated rings. The second-order valence-electron chi connectivity index (χ2n) is 4.39. The van der Waals surface area contributed by atoms with Crippen LogP contribution in [0.1, 0.15) is 24.8 Å². The number of nitrogens with two attached hydrogens (primary N) is 1. The molecular formula is C13H18N2O2. The van der Waals surface area contributed by atoms with Gasteiger partial charge in [-0.2, -0.15) is 0 Å². The summed E-state index contributed by atoms with van der Waals surface area (Å²) in [5, 5.41) is 9.33. The Balaban J connectivity index is 2.32. The molecule has 1 aromatic rings. The minimum atomic E-state index is -0.280. The molecule has 1 saturated heterocycles. The Labute approximate surface area is 101 Å². The van der Waals surface area contributed by atoms with E-state index in [1.54, 1.807) is 0 Å². The van der Waals surface area contributed by atoms with E-state index in [1.165, 1.54) is 0 Å². The maximum Gasteiger partial charge on any atom is 0.240 e. The first-order valence-electron chi connectivity index (χ1n) is 5.98. The predicted octanol–water partition coefficient (Wildman–Crippen LogP) is 1.02. The van der Waals surface area contributed by atoms with Gasteiger partial charge in [-0.15, -0.1) is 0 Å². The first-order chi connectivity index (χ1) is 8.24. The van der Waals surface area contributed by atoms with Gasteiger partial charge in [0, 0.05) is 17.8 Å². The number of primary amides is 1. The van der Waals surface area contributed by atoms with Crippen LogP contribution in [0.15, 0.2) is 24.3 Å². The van der Waals surface area contributed by atoms with Crippen LogP contribution < -0.4 is 10.6 Å². The van der Waals surface area contributed by atoms with Crippen LogP contribution in [0.5, 0.6) is 0 Å². The summed E-state index contributed by atoms with van der Waals surface area (Å²) in [5.41, 5.74) is 7.22. The normalized spacial score (nSPS) is 20.3. The van der Waals surface area contributed by atoms with Gasteiger partial charge >= 0.3 is 0 Å². The largest absolute Gasteiger partial charge is 0.392 e. The van der Waals surface area contributed by atoms with Crippen molar-refractivity contribution < 1.29 is 9.90 Å². The van der Waals surface area contributed by atoms with Gasteiger partial charge in [0.05, 0.1) is 6.61 Å². The molecule has 0 saturated carbocycles. The molecule has 1 aromatic carbocycles. The molecule has 1 atom stereocenters. The molecule has 1 heterocycles. The SMILES string of the molecule is NC(=O)C1CCCCN1c1ccccc1CO. The van der Waals surface area contributed by atoms with Gasteiger partial charge in [0.2, 0.25) is 5.91 Å². The Morgan fingerprint density at radius 2 is 2.18 bits per heavy atom. The summed E-state index contributed by atoms with van der Waals surface area (Å²) >= 11 is 0. The fourth-order valence-electron chi connectivity index (χ4n) is 2.44. The topological polar surface area (TPSA) is 66.6 Å². The van der Waals surface area contributed by atoms with E-state index in [0.717, 1.165) is 37.1 Å². The van der Waals surface area contributed by atoms with E-state index in [1.807, 2.05) is 29.2 Å². The van der Waals surface area contributed by atoms with E-state index in [0.29, 0.717) is 0 Å². The Kier molecular flexibility index (Phi) is 3.64. The number of hydrogen-bond acceptors (Lipinski definition) is 3. The van der Waals surface area contributed by atoms with E-state index in [9.17, 15) is 9.90 Å². The quantitative estimate of drug-likeness (QED) is 0.820. The Morgan fingerprint density at radius 3 is 2.88 bits per heavy atom. The maximum atomic E-state index is 11.5. The maximum absolute atomic E-state index is 11.5. The molecule has 17 heavy (non-hydrogen) atoms. The number of carbonyl (C=O) groups is 1. The van der Waals surface area contributed by atoms with Crippen molar-refractivity contribution in [1.29, 1.82) is 0 Å². The van der Waals surface area contributed by atoms with E-state index in [2.05, 4.69) is 0 Å². The fraction of sp³-hybridized carbons (Fsp3) is 0.462. The number of para-hydroxylation sites is 1. The number of anilines is 1. The lowest BCUT2D eigenvalue weighted by molar-refractivity contribution is -0.119. The number of benzene rings is 1. The van der Waals surface area contributed by atoms with Crippen LogP contribution in [0.25, 0.3) is 0 Å². The summed E-state index contributed by atoms with van der Waals surface area (Å²) < 4.78 is 0. The minimum Gasteiger partial charge on any atom is -0.392 e. The van der Waals surface area contributed by atoms with Crippen LogP contribution in [0.2, 0.25) is 0 Å². The van der Waals surface area contributed by atoms with Gasteiger partial charge in [-0.1, -0.05) is 18.2 Å². The van der Waals surface area contributed by atoms with Gasteiger partial charge in [-0.25, -0.2) is 0 Å². The summed E-state index contributed by atoms with van der Waals surface area (Å²) in [4.78, 5) is 13.5. The monoisotopic (exact) mass is 234 g/mol. The Hall–Kier alpha value is -1.55. The second-order valence-corrected chi connectivity index (χ2v) is 4.39. The number of aliphatic hydroxyl groups is 1. The lowest BCUT2D eigenvalue weighted by atomic mass is 9.99. The van der Waals surface area contributed by atoms with E-state index >= 15 is 0 Å². The first kappa shape index (κ1) is 11.9. The third kappa shape index (κ3) is 2.42. The molecule has 0 bridgehead atoms. The highest BCUT2D eigenvalue weighted by molar-refractivity contribution is 5.84. The van der Waals surface area contributed by atoms with Crippen molar-refractivity contribution in [3.63, 3.8) is 0 Å². The summed E-state index contributed by atoms with van der Waals surface area (Å²) in [6, 6.07) is 7.38. The fourth-order valence-corrected chi connectivity index (χ4v) is 2.44. The standard InChI is InChI=1S/C13H18N2O2/c14-13(17)12-7-3-4-8-15(12)11-6-2-1-5-10(11)9-16/h1-2,5-6,12,16H,3-4,7-9H2,(H2,14,17). The number of rotatable bonds is 3. The van der Waals surface area contributed by atoms with E-state index < -0.39 is 0 Å². The molecule has 1 aliphatic rings. The molecule has 1 aliphatic heterocycles. The minimum absolute atomic E-state index is 0.0157. The van der Waals surface area contributed by atoms with Gasteiger partial charge in [-0.3, -0.25) is 4.79 Å². The summed E-state index contributed by atoms with van der Waals surface area (Å²) in [6.45, 7) is 0.808. The van der Waals surface area contributed by atoms with Gasteiger partial charge in [0.1, 0.15) is 6.04 Å². The van der Waals surface area contributed by atoms with Gasteiger partial charge < -0.3 is 15.7 Å². The van der Waals surface area contributed by atoms with Crippen molar-refractivity contribution in [2.24, 2.45) is 5.73 Å². The molecule has 0 aromatic heterocycles.